The molecule has 0 aromatic heterocycles. The van der Waals surface area contributed by atoms with E-state index in [-0.39, 0.29) is 98.8 Å². The van der Waals surface area contributed by atoms with E-state index < -0.39 is 118 Å². The van der Waals surface area contributed by atoms with Crippen LogP contribution in [0.15, 0.2) is 12.2 Å². The molecule has 0 radical (unpaired) electrons. The van der Waals surface area contributed by atoms with Crippen LogP contribution in [0.3, 0.4) is 0 Å². The van der Waals surface area contributed by atoms with Crippen molar-refractivity contribution >= 4 is 64.9 Å². The molecule has 0 saturated carbocycles. The van der Waals surface area contributed by atoms with E-state index >= 15 is 0 Å². The van der Waals surface area contributed by atoms with E-state index in [9.17, 15) is 63.0 Å². The van der Waals surface area contributed by atoms with E-state index in [0.717, 1.165) is 6.42 Å². The fourth-order valence-corrected chi connectivity index (χ4v) is 9.54. The average molecular weight is 1200 g/mol. The average Bonchev–Trinajstić information content (AvgIpc) is 3.97. The number of likely N-dealkylation sites (N-methyl/N-ethyl adjacent to an activating group) is 1. The number of nitrogens with one attached hydrogen (secondary N) is 10. The molecule has 24 heteroatoms. The lowest BCUT2D eigenvalue weighted by Crippen LogP contribution is -2.66. The van der Waals surface area contributed by atoms with Crippen molar-refractivity contribution in [1.29, 1.82) is 0 Å². The fraction of sp³-hybridized carbons (Fsp3) is 0.787. The van der Waals surface area contributed by atoms with Crippen molar-refractivity contribution in [3.05, 3.63) is 12.2 Å². The van der Waals surface area contributed by atoms with Gasteiger partial charge in [-0.15, -0.1) is 0 Å². The summed E-state index contributed by atoms with van der Waals surface area (Å²) in [6, 6.07) is -6.63. The van der Waals surface area contributed by atoms with Crippen molar-refractivity contribution in [2.45, 2.75) is 247 Å². The topological polar surface area (TPSA) is 352 Å². The molecule has 85 heavy (non-hydrogen) atoms. The molecular formula is C61H109N11O13. The van der Waals surface area contributed by atoms with Gasteiger partial charge in [0.2, 0.25) is 59.1 Å². The molecule has 1 aliphatic heterocycles. The zero-order valence-corrected chi connectivity index (χ0v) is 54.6. The van der Waals surface area contributed by atoms with Gasteiger partial charge in [0.1, 0.15) is 52.6 Å². The Labute approximate surface area is 506 Å². The van der Waals surface area contributed by atoms with Gasteiger partial charge in [-0.3, -0.25) is 52.7 Å². The molecule has 0 spiro atoms. The summed E-state index contributed by atoms with van der Waals surface area (Å²) < 4.78 is 0. The lowest BCUT2D eigenvalue weighted by Gasteiger charge is -2.34. The van der Waals surface area contributed by atoms with Crippen LogP contribution in [-0.2, 0) is 52.7 Å². The Bertz CT molecular complexity index is 2300. The maximum Gasteiger partial charge on any atom is 0.246 e. The molecule has 1 heterocycles. The first-order chi connectivity index (χ1) is 39.2. The van der Waals surface area contributed by atoms with Gasteiger partial charge in [0.15, 0.2) is 0 Å². The van der Waals surface area contributed by atoms with Crippen molar-refractivity contribution < 1.29 is 63.0 Å². The number of aliphatic hydroxyl groups is 2. The monoisotopic (exact) mass is 1200 g/mol. The van der Waals surface area contributed by atoms with Crippen LogP contribution in [0.25, 0.3) is 0 Å². The number of Topliss-reactive ketones (excluding diaryl/α,β-unsaturated/α-hetero) is 1. The quantitative estimate of drug-likeness (QED) is 0.0396. The summed E-state index contributed by atoms with van der Waals surface area (Å²) in [5.41, 5.74) is -4.92. The minimum atomic E-state index is -1.82. The van der Waals surface area contributed by atoms with Crippen molar-refractivity contribution in [1.82, 2.24) is 58.1 Å². The number of hydrogen-bond donors (Lipinski definition) is 12. The van der Waals surface area contributed by atoms with Crippen LogP contribution >= 0.6 is 0 Å². The largest absolute Gasteiger partial charge is 0.393 e. The van der Waals surface area contributed by atoms with E-state index in [4.69, 9.17) is 0 Å². The van der Waals surface area contributed by atoms with Crippen LogP contribution in [0, 0.1) is 35.5 Å². The molecule has 0 unspecified atom stereocenters. The Hall–Kier alpha value is -6.01. The van der Waals surface area contributed by atoms with Crippen molar-refractivity contribution in [3.8, 4) is 0 Å². The van der Waals surface area contributed by atoms with Gasteiger partial charge in [-0.2, -0.15) is 0 Å². The number of amides is 10. The molecule has 12 N–H and O–H groups in total. The lowest BCUT2D eigenvalue weighted by molar-refractivity contribution is -0.140. The van der Waals surface area contributed by atoms with Gasteiger partial charge < -0.3 is 68.3 Å². The number of carbonyl (C=O) groups excluding carboxylic acids is 11. The Morgan fingerprint density at radius 2 is 1.15 bits per heavy atom. The lowest BCUT2D eigenvalue weighted by atomic mass is 9.92. The molecule has 1 rings (SSSR count). The summed E-state index contributed by atoms with van der Waals surface area (Å²) in [6.45, 7) is 31.0. The Balaban J connectivity index is 3.45. The smallest absolute Gasteiger partial charge is 0.246 e. The van der Waals surface area contributed by atoms with Crippen LogP contribution in [0.4, 0.5) is 0 Å². The van der Waals surface area contributed by atoms with E-state index in [1.165, 1.54) is 52.5 Å². The van der Waals surface area contributed by atoms with Crippen LogP contribution in [0.5, 0.6) is 0 Å². The molecule has 1 saturated heterocycles. The Kier molecular flexibility index (Phi) is 32.2. The Morgan fingerprint density at radius 1 is 0.624 bits per heavy atom. The van der Waals surface area contributed by atoms with Gasteiger partial charge in [0, 0.05) is 44.9 Å². The first-order valence-electron chi connectivity index (χ1n) is 30.5. The molecule has 24 nitrogen and oxygen atoms in total. The molecule has 0 aromatic rings. The number of aliphatic hydroxyl groups excluding tert-OH is 2. The second kappa shape index (κ2) is 35.6. The molecule has 11 atom stereocenters. The highest BCUT2D eigenvalue weighted by atomic mass is 16.3. The van der Waals surface area contributed by atoms with Gasteiger partial charge in [0.25, 0.3) is 0 Å². The van der Waals surface area contributed by atoms with E-state index in [1.807, 2.05) is 55.4 Å². The van der Waals surface area contributed by atoms with Gasteiger partial charge in [-0.25, -0.2) is 0 Å². The zero-order valence-electron chi connectivity index (χ0n) is 54.6. The highest BCUT2D eigenvalue weighted by Crippen LogP contribution is 2.25. The second-order valence-corrected chi connectivity index (χ2v) is 26.4. The predicted octanol–water partition coefficient (Wildman–Crippen LogP) is 1.94. The number of rotatable bonds is 37. The number of allylic oxidation sites excluding steroid dienone is 1. The summed E-state index contributed by atoms with van der Waals surface area (Å²) in [7, 11) is 1.76. The highest BCUT2D eigenvalue weighted by Gasteiger charge is 2.43. The number of carbonyl (C=O) groups is 11. The summed E-state index contributed by atoms with van der Waals surface area (Å²) in [6.07, 6.45) is 2.06. The fourth-order valence-electron chi connectivity index (χ4n) is 9.54. The van der Waals surface area contributed by atoms with Crippen LogP contribution < -0.4 is 53.2 Å². The summed E-state index contributed by atoms with van der Waals surface area (Å²) in [5.74, 6) is -8.27. The molecule has 0 aromatic carbocycles. The predicted molar refractivity (Wildman–Crippen MR) is 325 cm³/mol. The van der Waals surface area contributed by atoms with E-state index in [2.05, 4.69) is 53.2 Å². The van der Waals surface area contributed by atoms with Gasteiger partial charge >= 0.3 is 0 Å². The minimum Gasteiger partial charge on any atom is -0.393 e. The maximum atomic E-state index is 14.5. The molecule has 1 fully saturated rings. The molecule has 486 valence electrons. The number of hydrogen-bond acceptors (Lipinski definition) is 14. The van der Waals surface area contributed by atoms with Crippen LogP contribution in [0.2, 0.25) is 0 Å². The molecule has 0 bridgehead atoms. The zero-order chi connectivity index (χ0) is 65.5. The molecule has 0 aliphatic carbocycles. The summed E-state index contributed by atoms with van der Waals surface area (Å²) in [5, 5.41) is 49.6. The number of nitrogens with zero attached hydrogens (tertiary/aromatic N) is 1. The van der Waals surface area contributed by atoms with Crippen molar-refractivity contribution in [2.24, 2.45) is 35.5 Å². The number of ketones is 1. The van der Waals surface area contributed by atoms with E-state index in [1.54, 1.807) is 40.8 Å². The molecule has 1 aliphatic rings. The summed E-state index contributed by atoms with van der Waals surface area (Å²) >= 11 is 0. The second-order valence-electron chi connectivity index (χ2n) is 26.4. The first-order valence-corrected chi connectivity index (χ1v) is 30.5. The van der Waals surface area contributed by atoms with Gasteiger partial charge in [-0.05, 0) is 129 Å². The molecule has 10 amide bonds. The first kappa shape index (κ1) is 77.0. The standard InChI is InChI=1S/C61H109N11O13/c1-20-37(9)22-23-48(76)72-33-39(11)30-46(72)54(81)66-45(29-38(10)28-42(74)31-41(73)21-2)52(79)68-49(50(77)36(7)8)55(82)70-60(15,16)57(84)67-43(26-34(3)4)51(78)65-44(27-35(5)6)53(80)69-61(17,18)58(85)71-59(13,14)56(83)63-25-24-47(75)64-40(12)32-62-19/h22-23,34-40,42-46,49-50,62,74,77H,20-21,24-33H2,1-19H3,(H,63,83)(H,64,75)(H,65,78)(H,66,81)(H,67,84)(H,68,79)(H,69,80)(H,70,82)(H,71,85)/t37-,38-,39-,40-,42+,43+,44+,45+,46+,49+,50-/m1/s1. The highest BCUT2D eigenvalue weighted by molar-refractivity contribution is 6.00. The summed E-state index contributed by atoms with van der Waals surface area (Å²) in [4.78, 5) is 152. The molecular weight excluding hydrogens is 1090 g/mol. The van der Waals surface area contributed by atoms with Crippen molar-refractivity contribution in [3.63, 3.8) is 0 Å². The normalized spacial score (nSPS) is 18.0. The third-order valence-electron chi connectivity index (χ3n) is 14.9. The third kappa shape index (κ3) is 27.1. The van der Waals surface area contributed by atoms with Crippen LogP contribution in [0.1, 0.15) is 182 Å². The van der Waals surface area contributed by atoms with Gasteiger partial charge in [0.05, 0.1) is 12.2 Å². The Morgan fingerprint density at radius 3 is 1.69 bits per heavy atom. The SMILES string of the molecule is CCC(=O)C[C@@H](O)C[C@@H](C)C[C@H](NC(=O)[C@@H]1C[C@@H](C)CN1C(=O)C=C[C@H](C)CC)C(=O)N[C@H](C(=O)NC(C)(C)C(=O)N[C@@H](CC(C)C)C(=O)N[C@@H](CC(C)C)C(=O)NC(C)(C)C(=O)NC(C)(C)C(=O)NCCC(=O)N[C@H](C)CNC)[C@H](O)C(C)C. The minimum absolute atomic E-state index is 0.00469. The third-order valence-corrected chi connectivity index (χ3v) is 14.9. The van der Waals surface area contributed by atoms with E-state index in [0.29, 0.717) is 19.5 Å². The van der Waals surface area contributed by atoms with Crippen LogP contribution in [-0.4, -0.2) is 172 Å². The number of likely N-dealkylation sites (tertiary alicyclic amines) is 1. The van der Waals surface area contributed by atoms with Gasteiger partial charge in [-0.1, -0.05) is 88.7 Å². The van der Waals surface area contributed by atoms with Crippen molar-refractivity contribution in [2.75, 3.05) is 26.7 Å². The maximum absolute atomic E-state index is 14.5.